The van der Waals surface area contributed by atoms with E-state index in [0.717, 1.165) is 28.5 Å². The molecule has 1 aromatic heterocycles. The first-order valence-corrected chi connectivity index (χ1v) is 6.81. The van der Waals surface area contributed by atoms with Gasteiger partial charge in [0.15, 0.2) is 0 Å². The summed E-state index contributed by atoms with van der Waals surface area (Å²) in [7, 11) is 0. The van der Waals surface area contributed by atoms with Crippen LogP contribution in [0.15, 0.2) is 24.3 Å². The number of rotatable bonds is 5. The number of nitrogens with zero attached hydrogens (tertiary/aromatic N) is 1. The lowest BCUT2D eigenvalue weighted by Gasteiger charge is -2.17. The SMILES string of the molecule is CCCOc1nc2ccccc2c(C(C)C(=O)O)c1C. The molecule has 0 bridgehead atoms. The summed E-state index contributed by atoms with van der Waals surface area (Å²) in [6.07, 6.45) is 0.887. The smallest absolute Gasteiger partial charge is 0.310 e. The number of aliphatic carboxylic acids is 1. The predicted molar refractivity (Wildman–Crippen MR) is 78.3 cm³/mol. The molecule has 0 aliphatic carbocycles. The number of ether oxygens (including phenoxy) is 1. The third kappa shape index (κ3) is 2.59. The van der Waals surface area contributed by atoms with Crippen LogP contribution in [0.1, 0.15) is 37.3 Å². The fraction of sp³-hybridized carbons (Fsp3) is 0.375. The zero-order valence-corrected chi connectivity index (χ0v) is 12.0. The zero-order valence-electron chi connectivity index (χ0n) is 12.0. The minimum Gasteiger partial charge on any atom is -0.481 e. The van der Waals surface area contributed by atoms with Crippen LogP contribution in [0.2, 0.25) is 0 Å². The predicted octanol–water partition coefficient (Wildman–Crippen LogP) is 3.52. The van der Waals surface area contributed by atoms with Gasteiger partial charge in [-0.2, -0.15) is 0 Å². The van der Waals surface area contributed by atoms with Crippen molar-refractivity contribution in [2.45, 2.75) is 33.1 Å². The molecule has 0 radical (unpaired) electrons. The Kier molecular flexibility index (Phi) is 4.23. The van der Waals surface area contributed by atoms with E-state index in [-0.39, 0.29) is 0 Å². The van der Waals surface area contributed by atoms with E-state index in [1.165, 1.54) is 0 Å². The lowest BCUT2D eigenvalue weighted by Crippen LogP contribution is -2.12. The Morgan fingerprint density at radius 2 is 2.10 bits per heavy atom. The first kappa shape index (κ1) is 14.3. The van der Waals surface area contributed by atoms with Gasteiger partial charge in [-0.1, -0.05) is 25.1 Å². The van der Waals surface area contributed by atoms with Crippen LogP contribution in [0.5, 0.6) is 5.88 Å². The number of hydrogen-bond donors (Lipinski definition) is 1. The minimum atomic E-state index is -0.842. The van der Waals surface area contributed by atoms with Crippen molar-refractivity contribution in [2.24, 2.45) is 0 Å². The molecule has 0 saturated heterocycles. The van der Waals surface area contributed by atoms with Gasteiger partial charge >= 0.3 is 5.97 Å². The summed E-state index contributed by atoms with van der Waals surface area (Å²) in [5.74, 6) is -0.897. The fourth-order valence-corrected chi connectivity index (χ4v) is 2.33. The molecular formula is C16H19NO3. The van der Waals surface area contributed by atoms with Gasteiger partial charge in [-0.25, -0.2) is 4.98 Å². The Morgan fingerprint density at radius 3 is 2.75 bits per heavy atom. The number of benzene rings is 1. The Hall–Kier alpha value is -2.10. The zero-order chi connectivity index (χ0) is 14.7. The standard InChI is InChI=1S/C16H19NO3/c1-4-9-20-15-10(2)14(11(3)16(18)19)12-7-5-6-8-13(12)17-15/h5-8,11H,4,9H2,1-3H3,(H,18,19). The van der Waals surface area contributed by atoms with Gasteiger partial charge in [-0.3, -0.25) is 4.79 Å². The van der Waals surface area contributed by atoms with Crippen LogP contribution in [0, 0.1) is 6.92 Å². The van der Waals surface area contributed by atoms with Gasteiger partial charge in [-0.05, 0) is 31.9 Å². The molecule has 1 unspecified atom stereocenters. The van der Waals surface area contributed by atoms with Crippen LogP contribution < -0.4 is 4.74 Å². The van der Waals surface area contributed by atoms with Gasteiger partial charge in [0, 0.05) is 10.9 Å². The van der Waals surface area contributed by atoms with Crippen molar-refractivity contribution >= 4 is 16.9 Å². The molecule has 0 aliphatic rings. The van der Waals surface area contributed by atoms with Crippen LogP contribution >= 0.6 is 0 Å². The van der Waals surface area contributed by atoms with Gasteiger partial charge < -0.3 is 9.84 Å². The summed E-state index contributed by atoms with van der Waals surface area (Å²) in [5, 5.41) is 10.2. The normalized spacial score (nSPS) is 12.3. The maximum atomic E-state index is 11.4. The molecule has 0 amide bonds. The number of para-hydroxylation sites is 1. The number of aromatic nitrogens is 1. The van der Waals surface area contributed by atoms with E-state index < -0.39 is 11.9 Å². The Bertz CT molecular complexity index is 637. The molecule has 1 atom stereocenters. The van der Waals surface area contributed by atoms with Gasteiger partial charge in [0.05, 0.1) is 18.0 Å². The van der Waals surface area contributed by atoms with Crippen molar-refractivity contribution < 1.29 is 14.6 Å². The van der Waals surface area contributed by atoms with E-state index in [2.05, 4.69) is 4.98 Å². The molecule has 106 valence electrons. The monoisotopic (exact) mass is 273 g/mol. The number of hydrogen-bond acceptors (Lipinski definition) is 3. The molecule has 2 aromatic rings. The summed E-state index contributed by atoms with van der Waals surface area (Å²) in [5.41, 5.74) is 2.37. The molecule has 1 aromatic carbocycles. The second-order valence-corrected chi connectivity index (χ2v) is 4.88. The van der Waals surface area contributed by atoms with E-state index >= 15 is 0 Å². The highest BCUT2D eigenvalue weighted by Gasteiger charge is 2.22. The number of carboxylic acids is 1. The summed E-state index contributed by atoms with van der Waals surface area (Å²) < 4.78 is 5.66. The van der Waals surface area contributed by atoms with E-state index in [0.29, 0.717) is 12.5 Å². The first-order chi connectivity index (χ1) is 9.56. The van der Waals surface area contributed by atoms with Crippen LogP contribution in [-0.4, -0.2) is 22.7 Å². The van der Waals surface area contributed by atoms with E-state index in [9.17, 15) is 9.90 Å². The molecule has 1 heterocycles. The molecule has 4 heteroatoms. The molecule has 4 nitrogen and oxygen atoms in total. The van der Waals surface area contributed by atoms with Crippen molar-refractivity contribution in [3.63, 3.8) is 0 Å². The summed E-state index contributed by atoms with van der Waals surface area (Å²) in [4.78, 5) is 15.9. The van der Waals surface area contributed by atoms with E-state index in [1.54, 1.807) is 6.92 Å². The molecule has 1 N–H and O–H groups in total. The lowest BCUT2D eigenvalue weighted by molar-refractivity contribution is -0.138. The first-order valence-electron chi connectivity index (χ1n) is 6.81. The summed E-state index contributed by atoms with van der Waals surface area (Å²) in [6.45, 7) is 6.17. The molecular weight excluding hydrogens is 254 g/mol. The second-order valence-electron chi connectivity index (χ2n) is 4.88. The average Bonchev–Trinajstić information content (AvgIpc) is 2.44. The number of carbonyl (C=O) groups is 1. The largest absolute Gasteiger partial charge is 0.481 e. The number of pyridine rings is 1. The fourth-order valence-electron chi connectivity index (χ4n) is 2.33. The Morgan fingerprint density at radius 1 is 1.40 bits per heavy atom. The Balaban J connectivity index is 2.67. The molecule has 20 heavy (non-hydrogen) atoms. The highest BCUT2D eigenvalue weighted by atomic mass is 16.5. The van der Waals surface area contributed by atoms with E-state index in [1.807, 2.05) is 38.1 Å². The van der Waals surface area contributed by atoms with Gasteiger partial charge in [0.2, 0.25) is 5.88 Å². The quantitative estimate of drug-likeness (QED) is 0.905. The second kappa shape index (κ2) is 5.90. The molecule has 2 rings (SSSR count). The summed E-state index contributed by atoms with van der Waals surface area (Å²) in [6, 6.07) is 7.58. The van der Waals surface area contributed by atoms with Crippen molar-refractivity contribution in [1.29, 1.82) is 0 Å². The van der Waals surface area contributed by atoms with Crippen molar-refractivity contribution in [1.82, 2.24) is 4.98 Å². The van der Waals surface area contributed by atoms with E-state index in [4.69, 9.17) is 4.74 Å². The van der Waals surface area contributed by atoms with Crippen molar-refractivity contribution in [2.75, 3.05) is 6.61 Å². The van der Waals surface area contributed by atoms with Gasteiger partial charge in [-0.15, -0.1) is 0 Å². The van der Waals surface area contributed by atoms with Crippen molar-refractivity contribution in [3.05, 3.63) is 35.4 Å². The topological polar surface area (TPSA) is 59.4 Å². The number of fused-ring (bicyclic) bond motifs is 1. The molecule has 0 fully saturated rings. The highest BCUT2D eigenvalue weighted by Crippen LogP contribution is 2.33. The maximum Gasteiger partial charge on any atom is 0.310 e. The highest BCUT2D eigenvalue weighted by molar-refractivity contribution is 5.90. The third-order valence-corrected chi connectivity index (χ3v) is 3.39. The molecule has 0 spiro atoms. The minimum absolute atomic E-state index is 0.536. The third-order valence-electron chi connectivity index (χ3n) is 3.39. The number of carboxylic acid groups (broad SMARTS) is 1. The lowest BCUT2D eigenvalue weighted by atomic mass is 9.93. The van der Waals surface area contributed by atoms with Crippen LogP contribution in [0.3, 0.4) is 0 Å². The summed E-state index contributed by atoms with van der Waals surface area (Å²) >= 11 is 0. The maximum absolute atomic E-state index is 11.4. The van der Waals surface area contributed by atoms with Gasteiger partial charge in [0.1, 0.15) is 0 Å². The van der Waals surface area contributed by atoms with Crippen LogP contribution in [0.25, 0.3) is 10.9 Å². The van der Waals surface area contributed by atoms with Crippen LogP contribution in [0.4, 0.5) is 0 Å². The van der Waals surface area contributed by atoms with Crippen LogP contribution in [-0.2, 0) is 4.79 Å². The molecule has 0 aliphatic heterocycles. The van der Waals surface area contributed by atoms with Gasteiger partial charge in [0.25, 0.3) is 0 Å². The Labute approximate surface area is 118 Å². The van der Waals surface area contributed by atoms with Crippen molar-refractivity contribution in [3.8, 4) is 5.88 Å². The molecule has 0 saturated carbocycles. The average molecular weight is 273 g/mol.